The molecule has 0 radical (unpaired) electrons. The van der Waals surface area contributed by atoms with Gasteiger partial charge in [0.1, 0.15) is 5.69 Å². The molecule has 1 aliphatic rings. The number of amides is 1. The molecule has 0 aliphatic heterocycles. The molecule has 1 fully saturated rings. The quantitative estimate of drug-likeness (QED) is 0.416. The summed E-state index contributed by atoms with van der Waals surface area (Å²) in [5.41, 5.74) is 3.07. The molecule has 1 aliphatic carbocycles. The first-order chi connectivity index (χ1) is 15.1. The van der Waals surface area contributed by atoms with Crippen LogP contribution in [0.25, 0.3) is 22.4 Å². The summed E-state index contributed by atoms with van der Waals surface area (Å²) in [7, 11) is 0. The summed E-state index contributed by atoms with van der Waals surface area (Å²) in [4.78, 5) is 19.7. The van der Waals surface area contributed by atoms with Crippen LogP contribution in [0.1, 0.15) is 41.7 Å². The van der Waals surface area contributed by atoms with Crippen LogP contribution in [0.2, 0.25) is 0 Å². The van der Waals surface area contributed by atoms with Gasteiger partial charge in [-0.1, -0.05) is 35.5 Å². The van der Waals surface area contributed by atoms with E-state index in [1.807, 2.05) is 30.3 Å². The van der Waals surface area contributed by atoms with Crippen LogP contribution in [0.15, 0.2) is 59.1 Å². The standard InChI is InChI=1S/C24H19F2N3O2/c1-2-29(16-10-11-18(25)19(26)12-16)24(30)17-13-20(14-8-9-14)27-23-21(17)22(28-31-23)15-6-4-3-5-7-15/h3-7,10-14H,2,8-9H2,1H3. The number of carbonyl (C=O) groups excluding carboxylic acids is 1. The van der Waals surface area contributed by atoms with E-state index in [2.05, 4.69) is 10.1 Å². The zero-order valence-corrected chi connectivity index (χ0v) is 16.8. The molecular weight excluding hydrogens is 400 g/mol. The molecule has 0 spiro atoms. The Morgan fingerprint density at radius 1 is 1.10 bits per heavy atom. The molecule has 0 saturated heterocycles. The van der Waals surface area contributed by atoms with Crippen molar-refractivity contribution in [1.82, 2.24) is 10.1 Å². The van der Waals surface area contributed by atoms with Crippen molar-refractivity contribution in [2.45, 2.75) is 25.7 Å². The van der Waals surface area contributed by atoms with Crippen molar-refractivity contribution in [3.8, 4) is 11.3 Å². The maximum Gasteiger partial charge on any atom is 0.259 e. The van der Waals surface area contributed by atoms with E-state index in [9.17, 15) is 13.6 Å². The van der Waals surface area contributed by atoms with Gasteiger partial charge in [0.15, 0.2) is 11.6 Å². The number of pyridine rings is 1. The van der Waals surface area contributed by atoms with E-state index in [-0.39, 0.29) is 18.1 Å². The number of aromatic nitrogens is 2. The highest BCUT2D eigenvalue weighted by Crippen LogP contribution is 2.41. The minimum atomic E-state index is -1.00. The first-order valence-corrected chi connectivity index (χ1v) is 10.2. The minimum absolute atomic E-state index is 0.276. The van der Waals surface area contributed by atoms with Crippen molar-refractivity contribution in [2.24, 2.45) is 0 Å². The smallest absolute Gasteiger partial charge is 0.259 e. The van der Waals surface area contributed by atoms with E-state index in [0.717, 1.165) is 36.2 Å². The van der Waals surface area contributed by atoms with E-state index in [4.69, 9.17) is 4.52 Å². The summed E-state index contributed by atoms with van der Waals surface area (Å²) in [6.07, 6.45) is 2.01. The molecule has 0 atom stereocenters. The molecule has 0 N–H and O–H groups in total. The van der Waals surface area contributed by atoms with Gasteiger partial charge in [-0.05, 0) is 38.0 Å². The van der Waals surface area contributed by atoms with E-state index in [1.54, 1.807) is 13.0 Å². The molecule has 7 heteroatoms. The Hall–Kier alpha value is -3.61. The molecule has 0 bridgehead atoms. The molecule has 1 amide bonds. The number of fused-ring (bicyclic) bond motifs is 1. The van der Waals surface area contributed by atoms with Crippen LogP contribution in [0.5, 0.6) is 0 Å². The van der Waals surface area contributed by atoms with Gasteiger partial charge in [0, 0.05) is 35.5 Å². The summed E-state index contributed by atoms with van der Waals surface area (Å²) in [5, 5.41) is 4.71. The van der Waals surface area contributed by atoms with E-state index in [1.165, 1.54) is 11.0 Å². The molecule has 2 aromatic carbocycles. The van der Waals surface area contributed by atoms with Gasteiger partial charge in [0.05, 0.1) is 10.9 Å². The number of anilines is 1. The number of hydrogen-bond acceptors (Lipinski definition) is 4. The fourth-order valence-corrected chi connectivity index (χ4v) is 3.76. The highest BCUT2D eigenvalue weighted by Gasteiger charge is 2.31. The molecule has 2 heterocycles. The molecule has 5 rings (SSSR count). The number of carbonyl (C=O) groups is 1. The van der Waals surface area contributed by atoms with Crippen LogP contribution in [-0.4, -0.2) is 22.6 Å². The predicted octanol–water partition coefficient (Wildman–Crippen LogP) is 5.71. The van der Waals surface area contributed by atoms with Gasteiger partial charge >= 0.3 is 0 Å². The molecule has 2 aromatic heterocycles. The molecule has 31 heavy (non-hydrogen) atoms. The normalized spacial score (nSPS) is 13.5. The largest absolute Gasteiger partial charge is 0.335 e. The average Bonchev–Trinajstić information content (AvgIpc) is 3.55. The van der Waals surface area contributed by atoms with Gasteiger partial charge in [-0.3, -0.25) is 4.79 Å². The molecule has 156 valence electrons. The second-order valence-corrected chi connectivity index (χ2v) is 7.59. The Bertz CT molecular complexity index is 1280. The van der Waals surface area contributed by atoms with Crippen molar-refractivity contribution in [1.29, 1.82) is 0 Å². The van der Waals surface area contributed by atoms with Gasteiger partial charge in [0.25, 0.3) is 11.6 Å². The lowest BCUT2D eigenvalue weighted by molar-refractivity contribution is 0.0989. The van der Waals surface area contributed by atoms with Crippen LogP contribution in [0.4, 0.5) is 14.5 Å². The third kappa shape index (κ3) is 3.46. The topological polar surface area (TPSA) is 59.2 Å². The fourth-order valence-electron chi connectivity index (χ4n) is 3.76. The molecule has 1 saturated carbocycles. The first-order valence-electron chi connectivity index (χ1n) is 10.2. The lowest BCUT2D eigenvalue weighted by Gasteiger charge is -2.22. The number of benzene rings is 2. The van der Waals surface area contributed by atoms with E-state index < -0.39 is 11.6 Å². The molecular formula is C24H19F2N3O2. The van der Waals surface area contributed by atoms with Gasteiger partial charge in [0.2, 0.25) is 0 Å². The average molecular weight is 419 g/mol. The van der Waals surface area contributed by atoms with E-state index >= 15 is 0 Å². The SMILES string of the molecule is CCN(C(=O)c1cc(C2CC2)nc2onc(-c3ccccc3)c12)c1ccc(F)c(F)c1. The van der Waals surface area contributed by atoms with Crippen molar-refractivity contribution >= 4 is 22.7 Å². The Labute approximate surface area is 177 Å². The highest BCUT2D eigenvalue weighted by atomic mass is 19.2. The number of halogens is 2. The summed E-state index contributed by atoms with van der Waals surface area (Å²) in [6.45, 7) is 2.06. The van der Waals surface area contributed by atoms with Crippen molar-refractivity contribution < 1.29 is 18.1 Å². The minimum Gasteiger partial charge on any atom is -0.335 e. The number of hydrogen-bond donors (Lipinski definition) is 0. The maximum atomic E-state index is 13.9. The Kier molecular flexibility index (Phi) is 4.73. The van der Waals surface area contributed by atoms with Crippen LogP contribution >= 0.6 is 0 Å². The lowest BCUT2D eigenvalue weighted by Crippen LogP contribution is -2.31. The Balaban J connectivity index is 1.68. The number of nitrogens with zero attached hydrogens (tertiary/aromatic N) is 3. The second-order valence-electron chi connectivity index (χ2n) is 7.59. The monoisotopic (exact) mass is 419 g/mol. The van der Waals surface area contributed by atoms with Gasteiger partial charge in [-0.2, -0.15) is 0 Å². The van der Waals surface area contributed by atoms with Gasteiger partial charge in [-0.15, -0.1) is 0 Å². The molecule has 0 unspecified atom stereocenters. The van der Waals surface area contributed by atoms with Crippen LogP contribution < -0.4 is 4.90 Å². The van der Waals surface area contributed by atoms with Crippen LogP contribution in [0.3, 0.4) is 0 Å². The Morgan fingerprint density at radius 3 is 2.55 bits per heavy atom. The predicted molar refractivity (Wildman–Crippen MR) is 113 cm³/mol. The van der Waals surface area contributed by atoms with Crippen molar-refractivity contribution in [3.05, 3.63) is 77.5 Å². The summed E-state index contributed by atoms with van der Waals surface area (Å²) >= 11 is 0. The third-order valence-electron chi connectivity index (χ3n) is 5.52. The maximum absolute atomic E-state index is 13.9. The second kappa shape index (κ2) is 7.58. The van der Waals surface area contributed by atoms with Gasteiger partial charge in [-0.25, -0.2) is 13.8 Å². The fraction of sp³-hybridized carbons (Fsp3) is 0.208. The molecule has 4 aromatic rings. The van der Waals surface area contributed by atoms with Crippen molar-refractivity contribution in [2.75, 3.05) is 11.4 Å². The van der Waals surface area contributed by atoms with Gasteiger partial charge < -0.3 is 9.42 Å². The summed E-state index contributed by atoms with van der Waals surface area (Å²) < 4.78 is 32.8. The Morgan fingerprint density at radius 2 is 1.87 bits per heavy atom. The van der Waals surface area contributed by atoms with E-state index in [0.29, 0.717) is 28.3 Å². The summed E-state index contributed by atoms with van der Waals surface area (Å²) in [6, 6.07) is 14.6. The zero-order chi connectivity index (χ0) is 21.5. The zero-order valence-electron chi connectivity index (χ0n) is 16.8. The lowest BCUT2D eigenvalue weighted by atomic mass is 10.0. The van der Waals surface area contributed by atoms with Crippen LogP contribution in [0, 0.1) is 11.6 Å². The highest BCUT2D eigenvalue weighted by molar-refractivity contribution is 6.15. The summed E-state index contributed by atoms with van der Waals surface area (Å²) in [5.74, 6) is -2.01. The van der Waals surface area contributed by atoms with Crippen LogP contribution in [-0.2, 0) is 0 Å². The first kappa shape index (κ1) is 19.4. The van der Waals surface area contributed by atoms with Crippen molar-refractivity contribution in [3.63, 3.8) is 0 Å². The third-order valence-corrected chi connectivity index (χ3v) is 5.52. The molecule has 5 nitrogen and oxygen atoms in total. The number of rotatable bonds is 5.